The largest absolute Gasteiger partial charge is 0.339 e. The zero-order valence-electron chi connectivity index (χ0n) is 10.8. The average Bonchev–Trinajstić information content (AvgIpc) is 2.60. The van der Waals surface area contributed by atoms with Crippen LogP contribution in [0.25, 0.3) is 0 Å². The number of carbonyl (C=O) groups excluding carboxylic acids is 1. The molecule has 0 radical (unpaired) electrons. The van der Waals surface area contributed by atoms with Gasteiger partial charge in [-0.05, 0) is 19.3 Å². The number of amides is 1. The second-order valence-corrected chi connectivity index (χ2v) is 6.98. The molecule has 0 bridgehead atoms. The first-order chi connectivity index (χ1) is 8.00. The van der Waals surface area contributed by atoms with Gasteiger partial charge in [-0.3, -0.25) is 4.79 Å². The van der Waals surface area contributed by atoms with E-state index in [-0.39, 0.29) is 23.5 Å². The molecule has 1 saturated heterocycles. The van der Waals surface area contributed by atoms with Crippen molar-refractivity contribution in [1.82, 2.24) is 4.90 Å². The average molecular weight is 261 g/mol. The first-order valence-electron chi connectivity index (χ1n) is 6.50. The van der Waals surface area contributed by atoms with Crippen LogP contribution in [0.3, 0.4) is 0 Å². The summed E-state index contributed by atoms with van der Waals surface area (Å²) in [5.74, 6) is 0.509. The predicted octanol–water partition coefficient (Wildman–Crippen LogP) is 1.60. The Kier molecular flexibility index (Phi) is 5.43. The molecule has 0 aromatic carbocycles. The van der Waals surface area contributed by atoms with Gasteiger partial charge >= 0.3 is 0 Å². The van der Waals surface area contributed by atoms with Crippen molar-refractivity contribution in [3.05, 3.63) is 0 Å². The van der Waals surface area contributed by atoms with Crippen molar-refractivity contribution in [3.8, 4) is 0 Å². The standard InChI is InChI=1S/C12H23NO3S/c1-3-5-8-13(12(14)6-4-2)11-7-9-17(15,16)10-11/h11H,3-10H2,1-2H3. The van der Waals surface area contributed by atoms with Crippen molar-refractivity contribution in [2.24, 2.45) is 0 Å². The third-order valence-electron chi connectivity index (χ3n) is 3.19. The molecule has 0 aromatic heterocycles. The van der Waals surface area contributed by atoms with Gasteiger partial charge in [0.15, 0.2) is 9.84 Å². The maximum Gasteiger partial charge on any atom is 0.222 e. The predicted molar refractivity (Wildman–Crippen MR) is 68.6 cm³/mol. The Hall–Kier alpha value is -0.580. The van der Waals surface area contributed by atoms with Crippen LogP contribution in [-0.4, -0.2) is 43.3 Å². The summed E-state index contributed by atoms with van der Waals surface area (Å²) >= 11 is 0. The van der Waals surface area contributed by atoms with Gasteiger partial charge in [-0.15, -0.1) is 0 Å². The molecular formula is C12H23NO3S. The van der Waals surface area contributed by atoms with Crippen molar-refractivity contribution in [1.29, 1.82) is 0 Å². The summed E-state index contributed by atoms with van der Waals surface area (Å²) in [6, 6.07) is -0.0781. The molecule has 1 aliphatic rings. The molecule has 0 saturated carbocycles. The molecule has 0 aromatic rings. The van der Waals surface area contributed by atoms with Crippen LogP contribution in [0.4, 0.5) is 0 Å². The van der Waals surface area contributed by atoms with Crippen LogP contribution in [0, 0.1) is 0 Å². The van der Waals surface area contributed by atoms with Crippen LogP contribution in [0.1, 0.15) is 46.0 Å². The molecule has 1 aliphatic heterocycles. The number of carbonyl (C=O) groups is 1. The van der Waals surface area contributed by atoms with Crippen molar-refractivity contribution in [3.63, 3.8) is 0 Å². The third kappa shape index (κ3) is 4.30. The van der Waals surface area contributed by atoms with Crippen molar-refractivity contribution in [2.45, 2.75) is 52.0 Å². The van der Waals surface area contributed by atoms with Crippen LogP contribution < -0.4 is 0 Å². The molecule has 4 nitrogen and oxygen atoms in total. The minimum atomic E-state index is -2.91. The Morgan fingerprint density at radius 3 is 2.47 bits per heavy atom. The maximum atomic E-state index is 12.0. The number of hydrogen-bond acceptors (Lipinski definition) is 3. The zero-order chi connectivity index (χ0) is 12.9. The molecule has 0 aliphatic carbocycles. The lowest BCUT2D eigenvalue weighted by atomic mass is 10.1. The van der Waals surface area contributed by atoms with E-state index in [9.17, 15) is 13.2 Å². The quantitative estimate of drug-likeness (QED) is 0.730. The van der Waals surface area contributed by atoms with E-state index in [1.54, 1.807) is 4.90 Å². The van der Waals surface area contributed by atoms with E-state index in [0.29, 0.717) is 19.4 Å². The summed E-state index contributed by atoms with van der Waals surface area (Å²) in [6.07, 6.45) is 3.93. The smallest absolute Gasteiger partial charge is 0.222 e. The van der Waals surface area contributed by atoms with Crippen LogP contribution in [0.5, 0.6) is 0 Å². The fraction of sp³-hybridized carbons (Fsp3) is 0.917. The lowest BCUT2D eigenvalue weighted by Gasteiger charge is -2.28. The first kappa shape index (κ1) is 14.5. The van der Waals surface area contributed by atoms with Gasteiger partial charge in [0, 0.05) is 19.0 Å². The fourth-order valence-corrected chi connectivity index (χ4v) is 3.95. The van der Waals surface area contributed by atoms with Crippen LogP contribution in [-0.2, 0) is 14.6 Å². The summed E-state index contributed by atoms with van der Waals surface area (Å²) in [7, 11) is -2.91. The SMILES string of the molecule is CCCCN(C(=O)CCC)C1CCS(=O)(=O)C1. The minimum Gasteiger partial charge on any atom is -0.339 e. The molecule has 0 N–H and O–H groups in total. The molecule has 1 amide bonds. The highest BCUT2D eigenvalue weighted by atomic mass is 32.2. The Balaban J connectivity index is 2.66. The van der Waals surface area contributed by atoms with Crippen LogP contribution >= 0.6 is 0 Å². The van der Waals surface area contributed by atoms with Gasteiger partial charge in [0.05, 0.1) is 11.5 Å². The summed E-state index contributed by atoms with van der Waals surface area (Å²) < 4.78 is 22.9. The molecule has 0 spiro atoms. The van der Waals surface area contributed by atoms with E-state index in [0.717, 1.165) is 19.3 Å². The van der Waals surface area contributed by atoms with Crippen LogP contribution in [0.2, 0.25) is 0 Å². The van der Waals surface area contributed by atoms with Crippen molar-refractivity contribution >= 4 is 15.7 Å². The van der Waals surface area contributed by atoms with E-state index in [1.165, 1.54) is 0 Å². The van der Waals surface area contributed by atoms with Gasteiger partial charge in [-0.25, -0.2) is 8.42 Å². The van der Waals surface area contributed by atoms with Crippen LogP contribution in [0.15, 0.2) is 0 Å². The number of sulfone groups is 1. The Labute approximate surface area is 104 Å². The van der Waals surface area contributed by atoms with E-state index >= 15 is 0 Å². The van der Waals surface area contributed by atoms with Crippen molar-refractivity contribution in [2.75, 3.05) is 18.1 Å². The number of unbranched alkanes of at least 4 members (excludes halogenated alkanes) is 1. The molecule has 1 atom stereocenters. The fourth-order valence-electron chi connectivity index (χ4n) is 2.22. The second-order valence-electron chi connectivity index (χ2n) is 4.75. The first-order valence-corrected chi connectivity index (χ1v) is 8.32. The highest BCUT2D eigenvalue weighted by molar-refractivity contribution is 7.91. The van der Waals surface area contributed by atoms with E-state index in [4.69, 9.17) is 0 Å². The normalized spacial score (nSPS) is 22.6. The second kappa shape index (κ2) is 6.38. The zero-order valence-corrected chi connectivity index (χ0v) is 11.6. The highest BCUT2D eigenvalue weighted by Crippen LogP contribution is 2.19. The summed E-state index contributed by atoms with van der Waals surface area (Å²) in [5.41, 5.74) is 0. The highest BCUT2D eigenvalue weighted by Gasteiger charge is 2.33. The van der Waals surface area contributed by atoms with E-state index in [1.807, 2.05) is 6.92 Å². The molecular weight excluding hydrogens is 238 g/mol. The van der Waals surface area contributed by atoms with Gasteiger partial charge in [0.25, 0.3) is 0 Å². The lowest BCUT2D eigenvalue weighted by molar-refractivity contribution is -0.133. The van der Waals surface area contributed by atoms with Gasteiger partial charge in [-0.2, -0.15) is 0 Å². The Morgan fingerprint density at radius 2 is 2.00 bits per heavy atom. The molecule has 1 rings (SSSR count). The Bertz CT molecular complexity index is 351. The Morgan fingerprint density at radius 1 is 1.29 bits per heavy atom. The van der Waals surface area contributed by atoms with Gasteiger partial charge in [0.2, 0.25) is 5.91 Å². The lowest BCUT2D eigenvalue weighted by Crippen LogP contribution is -2.41. The molecule has 1 heterocycles. The van der Waals surface area contributed by atoms with Gasteiger partial charge < -0.3 is 4.90 Å². The summed E-state index contributed by atoms with van der Waals surface area (Å²) in [6.45, 7) is 4.75. The molecule has 5 heteroatoms. The molecule has 17 heavy (non-hydrogen) atoms. The van der Waals surface area contributed by atoms with E-state index < -0.39 is 9.84 Å². The topological polar surface area (TPSA) is 54.5 Å². The summed E-state index contributed by atoms with van der Waals surface area (Å²) in [4.78, 5) is 13.8. The number of rotatable bonds is 6. The third-order valence-corrected chi connectivity index (χ3v) is 4.94. The number of hydrogen-bond donors (Lipinski definition) is 0. The molecule has 100 valence electrons. The van der Waals surface area contributed by atoms with E-state index in [2.05, 4.69) is 6.92 Å². The van der Waals surface area contributed by atoms with Gasteiger partial charge in [0.1, 0.15) is 0 Å². The molecule has 1 unspecified atom stereocenters. The maximum absolute atomic E-state index is 12.0. The minimum absolute atomic E-state index is 0.0781. The number of nitrogens with zero attached hydrogens (tertiary/aromatic N) is 1. The molecule has 1 fully saturated rings. The summed E-state index contributed by atoms with van der Waals surface area (Å²) in [5, 5.41) is 0. The van der Waals surface area contributed by atoms with Gasteiger partial charge in [-0.1, -0.05) is 20.3 Å². The monoisotopic (exact) mass is 261 g/mol. The van der Waals surface area contributed by atoms with Crippen molar-refractivity contribution < 1.29 is 13.2 Å².